The Kier molecular flexibility index (Phi) is 5.89. The van der Waals surface area contributed by atoms with E-state index in [2.05, 4.69) is 50.9 Å². The Morgan fingerprint density at radius 3 is 2.42 bits per heavy atom. The van der Waals surface area contributed by atoms with Gasteiger partial charge >= 0.3 is 5.97 Å². The van der Waals surface area contributed by atoms with Crippen molar-refractivity contribution in [2.45, 2.75) is 64.0 Å². The van der Waals surface area contributed by atoms with E-state index in [0.717, 1.165) is 13.1 Å². The van der Waals surface area contributed by atoms with Crippen molar-refractivity contribution < 1.29 is 14.0 Å². The topological polar surface area (TPSA) is 38.8 Å². The van der Waals surface area contributed by atoms with Crippen LogP contribution in [0.5, 0.6) is 0 Å². The van der Waals surface area contributed by atoms with Crippen LogP contribution in [0.25, 0.3) is 0 Å². The van der Waals surface area contributed by atoms with E-state index in [4.69, 9.17) is 9.16 Å². The fourth-order valence-corrected chi connectivity index (χ4v) is 4.27. The van der Waals surface area contributed by atoms with Gasteiger partial charge in [-0.3, -0.25) is 9.69 Å². The number of carbonyl (C=O) groups excluding carboxylic acids is 1. The van der Waals surface area contributed by atoms with Crippen LogP contribution in [0.15, 0.2) is 30.3 Å². The maximum Gasteiger partial charge on any atom is 0.323 e. The number of methoxy groups -OCH3 is 1. The average Bonchev–Trinajstić information content (AvgIpc) is 2.88. The first-order valence-corrected chi connectivity index (χ1v) is 11.6. The molecule has 5 heteroatoms. The predicted octanol–water partition coefficient (Wildman–Crippen LogP) is 3.82. The molecule has 1 aromatic carbocycles. The second-order valence-corrected chi connectivity index (χ2v) is 12.9. The lowest BCUT2D eigenvalue weighted by Gasteiger charge is -2.38. The minimum absolute atomic E-state index is 0.0960. The molecule has 1 fully saturated rings. The zero-order valence-electron chi connectivity index (χ0n) is 15.8. The normalized spacial score (nSPS) is 22.6. The van der Waals surface area contributed by atoms with Crippen LogP contribution < -0.4 is 0 Å². The van der Waals surface area contributed by atoms with Crippen molar-refractivity contribution in [3.63, 3.8) is 0 Å². The molecule has 0 N–H and O–H groups in total. The number of hydrogen-bond donors (Lipinski definition) is 0. The summed E-state index contributed by atoms with van der Waals surface area (Å²) in [5, 5.41) is 0.167. The Morgan fingerprint density at radius 2 is 1.88 bits per heavy atom. The van der Waals surface area contributed by atoms with Gasteiger partial charge in [0.25, 0.3) is 0 Å². The predicted molar refractivity (Wildman–Crippen MR) is 99.3 cm³/mol. The summed E-state index contributed by atoms with van der Waals surface area (Å²) in [6.45, 7) is 12.8. The summed E-state index contributed by atoms with van der Waals surface area (Å²) >= 11 is 0. The highest BCUT2D eigenvalue weighted by Gasteiger charge is 2.44. The van der Waals surface area contributed by atoms with E-state index in [1.54, 1.807) is 0 Å². The third-order valence-corrected chi connectivity index (χ3v) is 9.87. The monoisotopic (exact) mass is 349 g/mol. The number of likely N-dealkylation sites (tertiary alicyclic amines) is 1. The fourth-order valence-electron chi connectivity index (χ4n) is 2.91. The van der Waals surface area contributed by atoms with Crippen LogP contribution in [0.1, 0.15) is 32.8 Å². The summed E-state index contributed by atoms with van der Waals surface area (Å²) in [6, 6.07) is 10.0. The van der Waals surface area contributed by atoms with Crippen molar-refractivity contribution in [1.82, 2.24) is 4.90 Å². The molecule has 4 nitrogen and oxygen atoms in total. The van der Waals surface area contributed by atoms with E-state index in [9.17, 15) is 4.79 Å². The van der Waals surface area contributed by atoms with Crippen LogP contribution >= 0.6 is 0 Å². The summed E-state index contributed by atoms with van der Waals surface area (Å²) in [6.07, 6.45) is 0.810. The van der Waals surface area contributed by atoms with Gasteiger partial charge in [-0.2, -0.15) is 0 Å². The molecule has 0 unspecified atom stereocenters. The number of ether oxygens (including phenoxy) is 1. The highest BCUT2D eigenvalue weighted by Crippen LogP contribution is 2.39. The number of esters is 1. The van der Waals surface area contributed by atoms with Crippen molar-refractivity contribution in [1.29, 1.82) is 0 Å². The van der Waals surface area contributed by atoms with Gasteiger partial charge in [0, 0.05) is 13.1 Å². The van der Waals surface area contributed by atoms with Gasteiger partial charge in [0.1, 0.15) is 6.04 Å². The first kappa shape index (κ1) is 19.2. The van der Waals surface area contributed by atoms with Crippen LogP contribution in [0.4, 0.5) is 0 Å². The number of nitrogens with zero attached hydrogens (tertiary/aromatic N) is 1. The van der Waals surface area contributed by atoms with Crippen molar-refractivity contribution in [3.05, 3.63) is 35.9 Å². The summed E-state index contributed by atoms with van der Waals surface area (Å²) in [4.78, 5) is 14.4. The summed E-state index contributed by atoms with van der Waals surface area (Å²) < 4.78 is 11.6. The third-order valence-electron chi connectivity index (χ3n) is 5.33. The molecule has 134 valence electrons. The molecule has 0 radical (unpaired) electrons. The third kappa shape index (κ3) is 4.46. The number of hydrogen-bond acceptors (Lipinski definition) is 4. The Bertz CT molecular complexity index is 553. The Labute approximate surface area is 147 Å². The van der Waals surface area contributed by atoms with Gasteiger partial charge < -0.3 is 9.16 Å². The van der Waals surface area contributed by atoms with Crippen molar-refractivity contribution >= 4 is 14.3 Å². The Balaban J connectivity index is 2.11. The van der Waals surface area contributed by atoms with E-state index >= 15 is 0 Å². The summed E-state index contributed by atoms with van der Waals surface area (Å²) in [5.41, 5.74) is 1.21. The molecule has 0 aromatic heterocycles. The zero-order valence-corrected chi connectivity index (χ0v) is 16.8. The summed E-state index contributed by atoms with van der Waals surface area (Å²) in [5.74, 6) is -0.160. The van der Waals surface area contributed by atoms with Gasteiger partial charge in [0.15, 0.2) is 8.32 Å². The first-order chi connectivity index (χ1) is 11.1. The number of benzene rings is 1. The molecule has 1 aromatic rings. The lowest BCUT2D eigenvalue weighted by atomic mass is 10.2. The molecule has 0 spiro atoms. The molecule has 1 aliphatic heterocycles. The van der Waals surface area contributed by atoms with Crippen molar-refractivity contribution in [3.8, 4) is 0 Å². The van der Waals surface area contributed by atoms with Crippen LogP contribution in [-0.2, 0) is 20.5 Å². The molecule has 1 saturated heterocycles. The van der Waals surface area contributed by atoms with Crippen LogP contribution in [-0.4, -0.2) is 45.0 Å². The molecule has 0 amide bonds. The van der Waals surface area contributed by atoms with Crippen LogP contribution in [0.2, 0.25) is 18.1 Å². The highest BCUT2D eigenvalue weighted by molar-refractivity contribution is 6.74. The van der Waals surface area contributed by atoms with Crippen LogP contribution in [0, 0.1) is 0 Å². The lowest BCUT2D eigenvalue weighted by molar-refractivity contribution is -0.146. The summed E-state index contributed by atoms with van der Waals surface area (Å²) in [7, 11) is -0.382. The molecule has 0 saturated carbocycles. The Hall–Kier alpha value is -1.17. The molecule has 1 heterocycles. The molecular weight excluding hydrogens is 318 g/mol. The SMILES string of the molecule is COC(=O)[C@@H]1C[C@@H](O[Si](C)(C)C(C)(C)C)CN1Cc1ccccc1. The molecule has 24 heavy (non-hydrogen) atoms. The van der Waals surface area contributed by atoms with Gasteiger partial charge in [0.2, 0.25) is 0 Å². The zero-order chi connectivity index (χ0) is 18.0. The van der Waals surface area contributed by atoms with Crippen molar-refractivity contribution in [2.75, 3.05) is 13.7 Å². The first-order valence-electron chi connectivity index (χ1n) is 8.67. The Morgan fingerprint density at radius 1 is 1.25 bits per heavy atom. The van der Waals surface area contributed by atoms with Gasteiger partial charge in [-0.1, -0.05) is 51.1 Å². The molecule has 0 bridgehead atoms. The molecular formula is C19H31NO3Si. The number of carbonyl (C=O) groups is 1. The largest absolute Gasteiger partial charge is 0.468 e. The molecule has 1 aliphatic rings. The van der Waals surface area contributed by atoms with Gasteiger partial charge in [-0.05, 0) is 30.1 Å². The van der Waals surface area contributed by atoms with Gasteiger partial charge in [0.05, 0.1) is 13.2 Å². The second kappa shape index (κ2) is 7.38. The molecule has 2 atom stereocenters. The van der Waals surface area contributed by atoms with Crippen molar-refractivity contribution in [2.24, 2.45) is 0 Å². The molecule has 2 rings (SSSR count). The second-order valence-electron chi connectivity index (χ2n) is 8.19. The van der Waals surface area contributed by atoms with Crippen LogP contribution in [0.3, 0.4) is 0 Å². The standard InChI is InChI=1S/C19H31NO3Si/c1-19(2,3)24(5,6)23-16-12-17(18(21)22-4)20(14-16)13-15-10-8-7-9-11-15/h7-11,16-17H,12-14H2,1-6H3/t16-,17+/m1/s1. The minimum Gasteiger partial charge on any atom is -0.468 e. The maximum absolute atomic E-state index is 12.2. The fraction of sp³-hybridized carbons (Fsp3) is 0.632. The van der Waals surface area contributed by atoms with E-state index in [1.165, 1.54) is 12.7 Å². The highest BCUT2D eigenvalue weighted by atomic mass is 28.4. The lowest BCUT2D eigenvalue weighted by Crippen LogP contribution is -2.44. The smallest absolute Gasteiger partial charge is 0.323 e. The number of rotatable bonds is 5. The van der Waals surface area contributed by atoms with E-state index in [0.29, 0.717) is 6.42 Å². The average molecular weight is 350 g/mol. The quantitative estimate of drug-likeness (QED) is 0.598. The van der Waals surface area contributed by atoms with E-state index in [1.807, 2.05) is 18.2 Å². The van der Waals surface area contributed by atoms with Gasteiger partial charge in [-0.25, -0.2) is 0 Å². The van der Waals surface area contributed by atoms with E-state index in [-0.39, 0.29) is 23.2 Å². The van der Waals surface area contributed by atoms with Gasteiger partial charge in [-0.15, -0.1) is 0 Å². The minimum atomic E-state index is -1.84. The maximum atomic E-state index is 12.2. The van der Waals surface area contributed by atoms with E-state index < -0.39 is 8.32 Å². The molecule has 0 aliphatic carbocycles.